The minimum Gasteiger partial charge on any atom is -0.478 e. The van der Waals surface area contributed by atoms with Crippen LogP contribution in [0.25, 0.3) is 0 Å². The summed E-state index contributed by atoms with van der Waals surface area (Å²) in [7, 11) is 0. The fourth-order valence-corrected chi connectivity index (χ4v) is 0.890. The van der Waals surface area contributed by atoms with E-state index in [4.69, 9.17) is 16.7 Å². The normalized spacial score (nSPS) is 11.6. The number of hydrogen-bond acceptors (Lipinski definition) is 1. The first-order valence-corrected chi connectivity index (χ1v) is 3.72. The molecule has 0 aliphatic rings. The van der Waals surface area contributed by atoms with Crippen LogP contribution in [0.5, 0.6) is 0 Å². The third kappa shape index (κ3) is 4.39. The molecule has 0 fully saturated rings. The van der Waals surface area contributed by atoms with Crippen LogP contribution < -0.4 is 0 Å². The third-order valence-corrected chi connectivity index (χ3v) is 1.39. The molecule has 0 rings (SSSR count). The van der Waals surface area contributed by atoms with Gasteiger partial charge in [-0.05, 0) is 12.8 Å². The molecular formula is C7H11ClO2. The Balaban J connectivity index is 3.91. The first-order chi connectivity index (χ1) is 4.70. The van der Waals surface area contributed by atoms with Crippen LogP contribution in [0.4, 0.5) is 0 Å². The molecule has 0 aromatic heterocycles. The summed E-state index contributed by atoms with van der Waals surface area (Å²) in [6.45, 7) is 1.92. The van der Waals surface area contributed by atoms with Gasteiger partial charge >= 0.3 is 5.97 Å². The van der Waals surface area contributed by atoms with E-state index in [0.717, 1.165) is 12.0 Å². The van der Waals surface area contributed by atoms with Gasteiger partial charge in [-0.25, -0.2) is 4.79 Å². The highest BCUT2D eigenvalue weighted by Gasteiger charge is 1.95. The van der Waals surface area contributed by atoms with Gasteiger partial charge < -0.3 is 5.11 Å². The van der Waals surface area contributed by atoms with Crippen molar-refractivity contribution in [2.75, 3.05) is 5.88 Å². The highest BCUT2D eigenvalue weighted by atomic mass is 35.5. The Labute approximate surface area is 65.5 Å². The lowest BCUT2D eigenvalue weighted by molar-refractivity contribution is -0.131. The smallest absolute Gasteiger partial charge is 0.328 e. The van der Waals surface area contributed by atoms with Crippen molar-refractivity contribution in [3.63, 3.8) is 0 Å². The van der Waals surface area contributed by atoms with Crippen molar-refractivity contribution in [1.82, 2.24) is 0 Å². The van der Waals surface area contributed by atoms with Crippen molar-refractivity contribution in [1.29, 1.82) is 0 Å². The quantitative estimate of drug-likeness (QED) is 0.508. The molecule has 3 heteroatoms. The lowest BCUT2D eigenvalue weighted by Gasteiger charge is -1.97. The second-order valence-electron chi connectivity index (χ2n) is 1.93. The minimum absolute atomic E-state index is 0.493. The number of carboxylic acid groups (broad SMARTS) is 1. The van der Waals surface area contributed by atoms with Crippen molar-refractivity contribution >= 4 is 17.6 Å². The standard InChI is InChI=1S/C7H11ClO2/c1-2-6(3-4-8)5-7(9)10/h5H,2-4H2,1H3,(H,9,10). The molecule has 2 nitrogen and oxygen atoms in total. The average Bonchev–Trinajstić information content (AvgIpc) is 1.86. The Morgan fingerprint density at radius 3 is 2.60 bits per heavy atom. The van der Waals surface area contributed by atoms with Crippen molar-refractivity contribution in [2.24, 2.45) is 0 Å². The molecule has 0 atom stereocenters. The van der Waals surface area contributed by atoms with Gasteiger partial charge in [0.15, 0.2) is 0 Å². The summed E-state index contributed by atoms with van der Waals surface area (Å²) in [5.74, 6) is -0.394. The van der Waals surface area contributed by atoms with Crippen molar-refractivity contribution < 1.29 is 9.90 Å². The predicted molar refractivity (Wildman–Crippen MR) is 41.3 cm³/mol. The van der Waals surface area contributed by atoms with E-state index in [1.807, 2.05) is 6.92 Å². The number of carboxylic acids is 1. The highest BCUT2D eigenvalue weighted by Crippen LogP contribution is 2.06. The van der Waals surface area contributed by atoms with Crippen LogP contribution in [0, 0.1) is 0 Å². The lowest BCUT2D eigenvalue weighted by Crippen LogP contribution is -1.92. The molecule has 0 aromatic carbocycles. The number of allylic oxidation sites excluding steroid dienone is 1. The molecule has 1 N–H and O–H groups in total. The summed E-state index contributed by atoms with van der Waals surface area (Å²) in [5.41, 5.74) is 0.891. The Morgan fingerprint density at radius 1 is 1.70 bits per heavy atom. The summed E-state index contributed by atoms with van der Waals surface area (Å²) in [4.78, 5) is 10.1. The summed E-state index contributed by atoms with van der Waals surface area (Å²) in [6, 6.07) is 0. The molecule has 0 amide bonds. The van der Waals surface area contributed by atoms with E-state index in [9.17, 15) is 4.79 Å². The zero-order chi connectivity index (χ0) is 7.98. The largest absolute Gasteiger partial charge is 0.478 e. The molecule has 0 aromatic rings. The van der Waals surface area contributed by atoms with Crippen LogP contribution in [-0.2, 0) is 4.79 Å². The molecule has 0 heterocycles. The van der Waals surface area contributed by atoms with Gasteiger partial charge in [0.25, 0.3) is 0 Å². The molecule has 0 unspecified atom stereocenters. The fourth-order valence-electron chi connectivity index (χ4n) is 0.647. The summed E-state index contributed by atoms with van der Waals surface area (Å²) >= 11 is 5.42. The number of hydrogen-bond donors (Lipinski definition) is 1. The Bertz CT molecular complexity index is 141. The van der Waals surface area contributed by atoms with Crippen LogP contribution in [0.1, 0.15) is 19.8 Å². The molecule has 0 bridgehead atoms. The van der Waals surface area contributed by atoms with Gasteiger partial charge in [0.2, 0.25) is 0 Å². The molecule has 0 saturated heterocycles. The molecule has 0 aliphatic carbocycles. The van der Waals surface area contributed by atoms with E-state index in [-0.39, 0.29) is 0 Å². The molecule has 0 aliphatic heterocycles. The third-order valence-electron chi connectivity index (χ3n) is 1.20. The van der Waals surface area contributed by atoms with E-state index in [0.29, 0.717) is 12.3 Å². The van der Waals surface area contributed by atoms with Gasteiger partial charge in [-0.2, -0.15) is 0 Å². The zero-order valence-electron chi connectivity index (χ0n) is 5.93. The lowest BCUT2D eigenvalue weighted by atomic mass is 10.1. The summed E-state index contributed by atoms with van der Waals surface area (Å²) in [5, 5.41) is 8.32. The maximum atomic E-state index is 10.1. The summed E-state index contributed by atoms with van der Waals surface area (Å²) < 4.78 is 0. The average molecular weight is 163 g/mol. The molecule has 10 heavy (non-hydrogen) atoms. The van der Waals surface area contributed by atoms with E-state index in [1.165, 1.54) is 6.08 Å². The Kier molecular flexibility index (Phi) is 5.03. The van der Waals surface area contributed by atoms with Crippen LogP contribution in [-0.4, -0.2) is 17.0 Å². The van der Waals surface area contributed by atoms with Gasteiger partial charge in [-0.15, -0.1) is 11.6 Å². The predicted octanol–water partition coefficient (Wildman–Crippen LogP) is 2.04. The first-order valence-electron chi connectivity index (χ1n) is 3.19. The van der Waals surface area contributed by atoms with Gasteiger partial charge in [0.05, 0.1) is 0 Å². The number of rotatable bonds is 4. The minimum atomic E-state index is -0.887. The molecular weight excluding hydrogens is 152 g/mol. The zero-order valence-corrected chi connectivity index (χ0v) is 6.69. The maximum Gasteiger partial charge on any atom is 0.328 e. The molecule has 0 saturated carbocycles. The van der Waals surface area contributed by atoms with Gasteiger partial charge in [0.1, 0.15) is 0 Å². The second kappa shape index (κ2) is 5.30. The van der Waals surface area contributed by atoms with Crippen molar-refractivity contribution in [3.8, 4) is 0 Å². The van der Waals surface area contributed by atoms with Gasteiger partial charge in [0, 0.05) is 12.0 Å². The monoisotopic (exact) mass is 162 g/mol. The molecule has 0 radical (unpaired) electrons. The topological polar surface area (TPSA) is 37.3 Å². The maximum absolute atomic E-state index is 10.1. The van der Waals surface area contributed by atoms with Crippen LogP contribution in [0.3, 0.4) is 0 Å². The van der Waals surface area contributed by atoms with E-state index < -0.39 is 5.97 Å². The number of aliphatic carboxylic acids is 1. The molecule has 0 spiro atoms. The van der Waals surface area contributed by atoms with Crippen molar-refractivity contribution in [2.45, 2.75) is 19.8 Å². The highest BCUT2D eigenvalue weighted by molar-refractivity contribution is 6.18. The summed E-state index contributed by atoms with van der Waals surface area (Å²) in [6.07, 6.45) is 2.66. The van der Waals surface area contributed by atoms with Gasteiger partial charge in [-0.1, -0.05) is 12.5 Å². The van der Waals surface area contributed by atoms with E-state index in [2.05, 4.69) is 0 Å². The number of carbonyl (C=O) groups is 1. The fraction of sp³-hybridized carbons (Fsp3) is 0.571. The second-order valence-corrected chi connectivity index (χ2v) is 2.31. The SMILES string of the molecule is CCC(=CC(=O)O)CCCl. The number of alkyl halides is 1. The molecule has 58 valence electrons. The van der Waals surface area contributed by atoms with Crippen LogP contribution in [0.2, 0.25) is 0 Å². The Hall–Kier alpha value is -0.500. The van der Waals surface area contributed by atoms with Crippen LogP contribution >= 0.6 is 11.6 Å². The first kappa shape index (κ1) is 9.50. The Morgan fingerprint density at radius 2 is 2.30 bits per heavy atom. The van der Waals surface area contributed by atoms with E-state index in [1.54, 1.807) is 0 Å². The van der Waals surface area contributed by atoms with Crippen LogP contribution in [0.15, 0.2) is 11.6 Å². The van der Waals surface area contributed by atoms with E-state index >= 15 is 0 Å². The number of halogens is 1. The van der Waals surface area contributed by atoms with Gasteiger partial charge in [-0.3, -0.25) is 0 Å². The van der Waals surface area contributed by atoms with Crippen molar-refractivity contribution in [3.05, 3.63) is 11.6 Å².